The molecule has 1 heterocycles. The zero-order valence-corrected chi connectivity index (χ0v) is 20.0. The lowest BCUT2D eigenvalue weighted by atomic mass is 10.1. The number of para-hydroxylation sites is 1. The highest BCUT2D eigenvalue weighted by Crippen LogP contribution is 2.25. The van der Waals surface area contributed by atoms with Gasteiger partial charge in [0, 0.05) is 18.7 Å². The Morgan fingerprint density at radius 1 is 1.15 bits per heavy atom. The lowest BCUT2D eigenvalue weighted by Crippen LogP contribution is -2.41. The van der Waals surface area contributed by atoms with Gasteiger partial charge in [0.05, 0.1) is 30.1 Å². The second-order valence-corrected chi connectivity index (χ2v) is 8.13. The smallest absolute Gasteiger partial charge is 0.261 e. The Kier molecular flexibility index (Phi) is 8.86. The number of fused-ring (bicyclic) bond motifs is 1. The Morgan fingerprint density at radius 2 is 1.88 bits per heavy atom. The standard InChI is InChI=1S/C25H30ClN3O4/c1-4-14-28(23(30)17-33-19-12-10-18(26)11-13-19)22(5-2)24-27-21-9-7-6-8-20(21)25(31)29(24)15-16-32-3/h6-13,22H,4-5,14-17H2,1-3H3. The van der Waals surface area contributed by atoms with Crippen LogP contribution in [-0.4, -0.2) is 47.2 Å². The van der Waals surface area contributed by atoms with Crippen LogP contribution < -0.4 is 10.3 Å². The van der Waals surface area contributed by atoms with Crippen molar-refractivity contribution in [2.45, 2.75) is 39.3 Å². The summed E-state index contributed by atoms with van der Waals surface area (Å²) in [4.78, 5) is 33.1. The van der Waals surface area contributed by atoms with Crippen molar-refractivity contribution in [2.75, 3.05) is 26.9 Å². The van der Waals surface area contributed by atoms with E-state index in [0.29, 0.717) is 53.6 Å². The largest absolute Gasteiger partial charge is 0.484 e. The highest BCUT2D eigenvalue weighted by atomic mass is 35.5. The highest BCUT2D eigenvalue weighted by Gasteiger charge is 2.28. The molecule has 3 aromatic rings. The summed E-state index contributed by atoms with van der Waals surface area (Å²) in [5.41, 5.74) is 0.485. The van der Waals surface area contributed by atoms with Crippen molar-refractivity contribution >= 4 is 28.4 Å². The second kappa shape index (κ2) is 11.8. The maximum absolute atomic E-state index is 13.3. The number of methoxy groups -OCH3 is 1. The van der Waals surface area contributed by atoms with Gasteiger partial charge in [-0.2, -0.15) is 0 Å². The molecule has 1 aromatic heterocycles. The average Bonchev–Trinajstić information content (AvgIpc) is 2.83. The van der Waals surface area contributed by atoms with Crippen LogP contribution in [0.4, 0.5) is 0 Å². The molecular formula is C25H30ClN3O4. The van der Waals surface area contributed by atoms with Gasteiger partial charge in [0.2, 0.25) is 0 Å². The molecular weight excluding hydrogens is 442 g/mol. The summed E-state index contributed by atoms with van der Waals surface area (Å²) in [6.45, 7) is 5.13. The minimum atomic E-state index is -0.375. The van der Waals surface area contributed by atoms with Crippen molar-refractivity contribution in [2.24, 2.45) is 0 Å². The number of ether oxygens (including phenoxy) is 2. The van der Waals surface area contributed by atoms with Gasteiger partial charge in [0.15, 0.2) is 6.61 Å². The Hall–Kier alpha value is -2.90. The highest BCUT2D eigenvalue weighted by molar-refractivity contribution is 6.30. The third kappa shape index (κ3) is 5.92. The maximum Gasteiger partial charge on any atom is 0.261 e. The number of rotatable bonds is 11. The van der Waals surface area contributed by atoms with Crippen molar-refractivity contribution in [3.63, 3.8) is 0 Å². The molecule has 0 radical (unpaired) electrons. The minimum absolute atomic E-state index is 0.117. The van der Waals surface area contributed by atoms with Crippen LogP contribution >= 0.6 is 11.6 Å². The average molecular weight is 472 g/mol. The first-order valence-electron chi connectivity index (χ1n) is 11.2. The summed E-state index contributed by atoms with van der Waals surface area (Å²) in [7, 11) is 1.59. The third-order valence-corrected chi connectivity index (χ3v) is 5.68. The molecule has 8 heteroatoms. The molecule has 0 saturated carbocycles. The van der Waals surface area contributed by atoms with Gasteiger partial charge in [-0.1, -0.05) is 37.6 Å². The molecule has 1 amide bonds. The van der Waals surface area contributed by atoms with E-state index in [1.165, 1.54) is 0 Å². The number of hydrogen-bond donors (Lipinski definition) is 0. The molecule has 0 bridgehead atoms. The van der Waals surface area contributed by atoms with E-state index in [4.69, 9.17) is 26.1 Å². The molecule has 0 aliphatic carbocycles. The van der Waals surface area contributed by atoms with Crippen LogP contribution in [0.3, 0.4) is 0 Å². The molecule has 7 nitrogen and oxygen atoms in total. The van der Waals surface area contributed by atoms with Crippen LogP contribution in [0.5, 0.6) is 5.75 Å². The second-order valence-electron chi connectivity index (χ2n) is 7.69. The molecule has 0 saturated heterocycles. The number of carbonyl (C=O) groups is 1. The molecule has 1 atom stereocenters. The summed E-state index contributed by atoms with van der Waals surface area (Å²) in [6.07, 6.45) is 1.36. The number of carbonyl (C=O) groups excluding carboxylic acids is 1. The number of amides is 1. The number of benzene rings is 2. The summed E-state index contributed by atoms with van der Waals surface area (Å²) < 4.78 is 12.6. The van der Waals surface area contributed by atoms with E-state index < -0.39 is 0 Å². The Labute approximate surface area is 198 Å². The molecule has 0 aliphatic rings. The van der Waals surface area contributed by atoms with Crippen LogP contribution in [0.25, 0.3) is 10.9 Å². The van der Waals surface area contributed by atoms with Gasteiger partial charge in [0.25, 0.3) is 11.5 Å². The van der Waals surface area contributed by atoms with Gasteiger partial charge in [-0.25, -0.2) is 4.98 Å². The van der Waals surface area contributed by atoms with Crippen molar-refractivity contribution in [1.82, 2.24) is 14.5 Å². The van der Waals surface area contributed by atoms with Crippen LogP contribution in [0.1, 0.15) is 38.6 Å². The van der Waals surface area contributed by atoms with Crippen LogP contribution in [0, 0.1) is 0 Å². The SMILES string of the molecule is CCCN(C(=O)COc1ccc(Cl)cc1)C(CC)c1nc2ccccc2c(=O)n1CCOC. The zero-order valence-electron chi connectivity index (χ0n) is 19.3. The van der Waals surface area contributed by atoms with Crippen molar-refractivity contribution in [1.29, 1.82) is 0 Å². The molecule has 33 heavy (non-hydrogen) atoms. The monoisotopic (exact) mass is 471 g/mol. The van der Waals surface area contributed by atoms with Gasteiger partial charge in [-0.05, 0) is 49.2 Å². The predicted octanol–water partition coefficient (Wildman–Crippen LogP) is 4.47. The van der Waals surface area contributed by atoms with Crippen LogP contribution in [0.15, 0.2) is 53.3 Å². The summed E-state index contributed by atoms with van der Waals surface area (Å²) in [5.74, 6) is 0.962. The lowest BCUT2D eigenvalue weighted by Gasteiger charge is -2.32. The fraction of sp³-hybridized carbons (Fsp3) is 0.400. The first-order valence-corrected chi connectivity index (χ1v) is 11.5. The Morgan fingerprint density at radius 3 is 2.55 bits per heavy atom. The first-order chi connectivity index (χ1) is 16.0. The van der Waals surface area contributed by atoms with E-state index >= 15 is 0 Å². The first kappa shape index (κ1) is 24.7. The predicted molar refractivity (Wildman–Crippen MR) is 130 cm³/mol. The van der Waals surface area contributed by atoms with Gasteiger partial charge in [-0.3, -0.25) is 14.2 Å². The molecule has 1 unspecified atom stereocenters. The minimum Gasteiger partial charge on any atom is -0.484 e. The Balaban J connectivity index is 1.96. The molecule has 0 fully saturated rings. The molecule has 0 N–H and O–H groups in total. The number of halogens is 1. The third-order valence-electron chi connectivity index (χ3n) is 5.43. The van der Waals surface area contributed by atoms with E-state index in [2.05, 4.69) is 0 Å². The lowest BCUT2D eigenvalue weighted by molar-refractivity contribution is -0.136. The number of hydrogen-bond acceptors (Lipinski definition) is 5. The molecule has 176 valence electrons. The zero-order chi connectivity index (χ0) is 23.8. The van der Waals surface area contributed by atoms with Crippen LogP contribution in [0.2, 0.25) is 5.02 Å². The molecule has 2 aromatic carbocycles. The van der Waals surface area contributed by atoms with Crippen LogP contribution in [-0.2, 0) is 16.1 Å². The van der Waals surface area contributed by atoms with E-state index in [9.17, 15) is 9.59 Å². The van der Waals surface area contributed by atoms with E-state index in [0.717, 1.165) is 6.42 Å². The fourth-order valence-electron chi connectivity index (χ4n) is 3.83. The van der Waals surface area contributed by atoms with Crippen molar-refractivity contribution in [3.05, 3.63) is 69.7 Å². The quantitative estimate of drug-likeness (QED) is 0.412. The van der Waals surface area contributed by atoms with Gasteiger partial charge >= 0.3 is 0 Å². The van der Waals surface area contributed by atoms with Crippen molar-refractivity contribution < 1.29 is 14.3 Å². The summed E-state index contributed by atoms with van der Waals surface area (Å²) >= 11 is 5.93. The topological polar surface area (TPSA) is 73.7 Å². The van der Waals surface area contributed by atoms with Gasteiger partial charge < -0.3 is 14.4 Å². The number of aromatic nitrogens is 2. The number of nitrogens with zero attached hydrogens (tertiary/aromatic N) is 3. The van der Waals surface area contributed by atoms with E-state index in [1.54, 1.807) is 46.9 Å². The molecule has 3 rings (SSSR count). The summed E-state index contributed by atoms with van der Waals surface area (Å²) in [5, 5.41) is 1.15. The van der Waals surface area contributed by atoms with Gasteiger partial charge in [0.1, 0.15) is 11.6 Å². The van der Waals surface area contributed by atoms with E-state index in [-0.39, 0.29) is 24.1 Å². The summed E-state index contributed by atoms with van der Waals surface area (Å²) in [6, 6.07) is 13.8. The fourth-order valence-corrected chi connectivity index (χ4v) is 3.96. The van der Waals surface area contributed by atoms with E-state index in [1.807, 2.05) is 32.0 Å². The van der Waals surface area contributed by atoms with Gasteiger partial charge in [-0.15, -0.1) is 0 Å². The molecule has 0 spiro atoms. The maximum atomic E-state index is 13.3. The normalized spacial score (nSPS) is 12.0. The Bertz CT molecular complexity index is 1130. The van der Waals surface area contributed by atoms with Crippen molar-refractivity contribution in [3.8, 4) is 5.75 Å². The molecule has 0 aliphatic heterocycles.